The fraction of sp³-hybridized carbons (Fsp3) is 0. The van der Waals surface area contributed by atoms with E-state index in [1.54, 1.807) is 9.94 Å². The number of nitrogens with zero attached hydrogens (tertiary/aromatic N) is 2. The number of hydrogen-bond donors (Lipinski definition) is 0. The van der Waals surface area contributed by atoms with Crippen LogP contribution in [0.3, 0.4) is 0 Å². The Morgan fingerprint density at radius 3 is 1.00 bits per heavy atom. The van der Waals surface area contributed by atoms with Gasteiger partial charge in [0.1, 0.15) is 0 Å². The third kappa shape index (κ3) is 465. The Morgan fingerprint density at radius 1 is 1.00 bits per heavy atom. The van der Waals surface area contributed by atoms with Gasteiger partial charge in [0.25, 0.3) is 0 Å². The Labute approximate surface area is 69.4 Å². The van der Waals surface area contributed by atoms with Crippen LogP contribution < -0.4 is 0 Å². The van der Waals surface area contributed by atoms with E-state index in [0.29, 0.717) is 0 Å². The monoisotopic (exact) mass is 267 g/mol. The van der Waals surface area contributed by atoms with Gasteiger partial charge < -0.3 is 0 Å². The Hall–Kier alpha value is 0.538. The van der Waals surface area contributed by atoms with E-state index >= 15 is 0 Å². The molecule has 0 fully saturated rings. The third-order valence-electron chi connectivity index (χ3n) is 0. The minimum absolute atomic E-state index is 0. The molecule has 0 aromatic heterocycles. The summed E-state index contributed by atoms with van der Waals surface area (Å²) in [5.41, 5.74) is 0. The second kappa shape index (κ2) is 31.1. The molecule has 0 aliphatic rings. The standard InChI is InChI=1S/2CHNSe.Mn/c2*2-1-3;/h2*3H;/q;;+2/p-2. The van der Waals surface area contributed by atoms with Gasteiger partial charge in [-0.15, -0.1) is 0 Å². The van der Waals surface area contributed by atoms with E-state index in [0.717, 1.165) is 0 Å². The van der Waals surface area contributed by atoms with Gasteiger partial charge in [-0.3, -0.25) is 0 Å². The van der Waals surface area contributed by atoms with Crippen molar-refractivity contribution in [2.24, 2.45) is 0 Å². The average molecular weight is 265 g/mol. The maximum absolute atomic E-state index is 7.26. The molecule has 0 unspecified atom stereocenters. The molecule has 0 amide bonds. The Morgan fingerprint density at radius 2 is 1.00 bits per heavy atom. The zero-order chi connectivity index (χ0) is 5.41. The predicted molar refractivity (Wildman–Crippen MR) is 22.7 cm³/mol. The molecule has 0 aromatic carbocycles. The van der Waals surface area contributed by atoms with E-state index in [2.05, 4.69) is 32.0 Å². The molecule has 5 heteroatoms. The van der Waals surface area contributed by atoms with Crippen LogP contribution in [-0.2, 0) is 17.1 Å². The first-order valence-electron chi connectivity index (χ1n) is 0.855. The summed E-state index contributed by atoms with van der Waals surface area (Å²) in [5, 5.41) is 14.5. The summed E-state index contributed by atoms with van der Waals surface area (Å²) in [6, 6.07) is 0. The molecule has 0 atom stereocenters. The van der Waals surface area contributed by atoms with Crippen molar-refractivity contribution in [1.29, 1.82) is 10.5 Å². The number of rotatable bonds is 0. The predicted octanol–water partition coefficient (Wildman–Crippen LogP) is -0.731. The van der Waals surface area contributed by atoms with E-state index in [4.69, 9.17) is 10.5 Å². The SMILES string of the molecule is N#C[Se-].N#C[Se-].[Mn+2]. The Bertz CT molecular complexity index is 68.7. The molecular weight excluding hydrogens is 265 g/mol. The second-order valence-corrected chi connectivity index (χ2v) is 0.949. The van der Waals surface area contributed by atoms with Crippen LogP contribution in [0.2, 0.25) is 0 Å². The molecule has 37 valence electrons. The first-order valence-corrected chi connectivity index (χ1v) is 2.57. The van der Waals surface area contributed by atoms with Crippen molar-refractivity contribution < 1.29 is 17.1 Å². The third-order valence-corrected chi connectivity index (χ3v) is 0. The summed E-state index contributed by atoms with van der Waals surface area (Å²) in [6.07, 6.45) is 0. The smallest absolute Gasteiger partial charge is 2.00 e. The molecule has 0 aliphatic heterocycles. The van der Waals surface area contributed by atoms with E-state index < -0.39 is 0 Å². The fourth-order valence-corrected chi connectivity index (χ4v) is 0. The van der Waals surface area contributed by atoms with Crippen LogP contribution in [0.15, 0.2) is 0 Å². The summed E-state index contributed by atoms with van der Waals surface area (Å²) in [6.45, 7) is 0. The topological polar surface area (TPSA) is 47.6 Å². The molecule has 2 nitrogen and oxygen atoms in total. The van der Waals surface area contributed by atoms with Crippen LogP contribution in [0.25, 0.3) is 0 Å². The van der Waals surface area contributed by atoms with Gasteiger partial charge in [-0.25, -0.2) is 0 Å². The molecule has 0 spiro atoms. The fourth-order valence-electron chi connectivity index (χ4n) is 0. The van der Waals surface area contributed by atoms with Gasteiger partial charge in [-0.05, 0) is 0 Å². The van der Waals surface area contributed by atoms with Gasteiger partial charge in [0.15, 0.2) is 0 Å². The van der Waals surface area contributed by atoms with Gasteiger partial charge in [0.05, 0.1) is 0 Å². The minimum Gasteiger partial charge on any atom is 2.00 e. The van der Waals surface area contributed by atoms with Gasteiger partial charge >= 0.3 is 69.6 Å². The molecule has 0 saturated carbocycles. The van der Waals surface area contributed by atoms with Gasteiger partial charge in [0.2, 0.25) is 0 Å². The van der Waals surface area contributed by atoms with Crippen molar-refractivity contribution in [3.05, 3.63) is 0 Å². The zero-order valence-electron chi connectivity index (χ0n) is 3.09. The zero-order valence-corrected chi connectivity index (χ0v) is 7.70. The van der Waals surface area contributed by atoms with Gasteiger partial charge in [-0.2, -0.15) is 0 Å². The van der Waals surface area contributed by atoms with Crippen molar-refractivity contribution in [2.75, 3.05) is 0 Å². The minimum atomic E-state index is 0. The molecule has 0 aromatic rings. The first kappa shape index (κ1) is 15.6. The molecule has 0 saturated heterocycles. The van der Waals surface area contributed by atoms with E-state index in [1.807, 2.05) is 0 Å². The van der Waals surface area contributed by atoms with Crippen molar-refractivity contribution >= 4 is 32.0 Å². The first-order chi connectivity index (χ1) is 2.83. The molecular formula is C2MnN2Se2. The van der Waals surface area contributed by atoms with Crippen molar-refractivity contribution in [2.45, 2.75) is 0 Å². The van der Waals surface area contributed by atoms with Crippen molar-refractivity contribution in [1.82, 2.24) is 0 Å². The molecule has 0 rings (SSSR count). The molecule has 0 heterocycles. The van der Waals surface area contributed by atoms with Crippen molar-refractivity contribution in [3.8, 4) is 9.94 Å². The maximum atomic E-state index is 7.26. The summed E-state index contributed by atoms with van der Waals surface area (Å²) in [7, 11) is 0. The molecule has 1 radical (unpaired) electrons. The molecule has 0 N–H and O–H groups in total. The molecule has 7 heavy (non-hydrogen) atoms. The summed E-state index contributed by atoms with van der Waals surface area (Å²) >= 11 is 4.22. The molecule has 0 bridgehead atoms. The van der Waals surface area contributed by atoms with E-state index in [1.165, 1.54) is 0 Å². The van der Waals surface area contributed by atoms with E-state index in [-0.39, 0.29) is 17.1 Å². The molecule has 0 aliphatic carbocycles. The average Bonchev–Trinajstić information content (AvgIpc) is 1.39. The van der Waals surface area contributed by atoms with Gasteiger partial charge in [-0.1, -0.05) is 0 Å². The van der Waals surface area contributed by atoms with Crippen LogP contribution >= 0.6 is 0 Å². The normalized spacial score (nSPS) is 2.00. The largest absolute Gasteiger partial charge is 2.00 e. The quantitative estimate of drug-likeness (QED) is 0.542. The Balaban J connectivity index is -0.0000000400. The second-order valence-electron chi connectivity index (χ2n) is 0.183. The summed E-state index contributed by atoms with van der Waals surface area (Å²) < 4.78 is 0. The maximum Gasteiger partial charge on any atom is 2.00 e. The van der Waals surface area contributed by atoms with E-state index in [9.17, 15) is 0 Å². The summed E-state index contributed by atoms with van der Waals surface area (Å²) in [5.74, 6) is 0. The van der Waals surface area contributed by atoms with Crippen LogP contribution in [-0.4, -0.2) is 32.0 Å². The number of nitriles is 2. The Kier molecular flexibility index (Phi) is 69.6. The van der Waals surface area contributed by atoms with Crippen LogP contribution in [0.4, 0.5) is 0 Å². The van der Waals surface area contributed by atoms with Gasteiger partial charge in [0, 0.05) is 0 Å². The van der Waals surface area contributed by atoms with Crippen LogP contribution in [0, 0.1) is 20.5 Å². The van der Waals surface area contributed by atoms with Crippen LogP contribution in [0.1, 0.15) is 0 Å². The van der Waals surface area contributed by atoms with Crippen LogP contribution in [0.5, 0.6) is 0 Å². The number of hydrogen-bond acceptors (Lipinski definition) is 2. The summed E-state index contributed by atoms with van der Waals surface area (Å²) in [4.78, 5) is 3.25. The van der Waals surface area contributed by atoms with Crippen molar-refractivity contribution in [3.63, 3.8) is 0 Å².